The van der Waals surface area contributed by atoms with Crippen LogP contribution >= 0.6 is 27.5 Å². The van der Waals surface area contributed by atoms with E-state index in [1.54, 1.807) is 4.90 Å². The quantitative estimate of drug-likeness (QED) is 0.771. The second kappa shape index (κ2) is 5.62. The lowest BCUT2D eigenvalue weighted by molar-refractivity contribution is 0.0747. The summed E-state index contributed by atoms with van der Waals surface area (Å²) in [4.78, 5) is 14.1. The maximum Gasteiger partial charge on any atom is 0.253 e. The van der Waals surface area contributed by atoms with Crippen LogP contribution in [0.25, 0.3) is 0 Å². The summed E-state index contributed by atoms with van der Waals surface area (Å²) in [5, 5.41) is 0.312. The number of hydrogen-bond acceptors (Lipinski definition) is 1. The van der Waals surface area contributed by atoms with Gasteiger partial charge < -0.3 is 4.90 Å². The van der Waals surface area contributed by atoms with Gasteiger partial charge in [-0.25, -0.2) is 0 Å². The first-order chi connectivity index (χ1) is 8.45. The molecule has 0 atom stereocenters. The topological polar surface area (TPSA) is 20.3 Å². The Kier molecular flexibility index (Phi) is 4.33. The highest BCUT2D eigenvalue weighted by molar-refractivity contribution is 9.10. The molecule has 1 fully saturated rings. The normalized spacial score (nSPS) is 22.4. The SMILES string of the molecule is Cc1cc(Br)cc(C(=O)N(C)CC2CC(Cl)C2)c1. The molecule has 18 heavy (non-hydrogen) atoms. The van der Waals surface area contributed by atoms with Gasteiger partial charge in [0, 0.05) is 29.0 Å². The van der Waals surface area contributed by atoms with Gasteiger partial charge in [0.2, 0.25) is 0 Å². The van der Waals surface area contributed by atoms with Crippen LogP contribution in [0.3, 0.4) is 0 Å². The van der Waals surface area contributed by atoms with Gasteiger partial charge in [0.15, 0.2) is 0 Å². The van der Waals surface area contributed by atoms with E-state index in [1.807, 2.05) is 32.2 Å². The van der Waals surface area contributed by atoms with Crippen molar-refractivity contribution in [3.05, 3.63) is 33.8 Å². The average molecular weight is 331 g/mol. The van der Waals surface area contributed by atoms with Gasteiger partial charge in [-0.05, 0) is 49.4 Å². The zero-order valence-corrected chi connectivity index (χ0v) is 13.0. The van der Waals surface area contributed by atoms with Gasteiger partial charge in [-0.15, -0.1) is 11.6 Å². The van der Waals surface area contributed by atoms with E-state index in [4.69, 9.17) is 11.6 Å². The molecule has 1 aliphatic rings. The van der Waals surface area contributed by atoms with Crippen molar-refractivity contribution in [2.45, 2.75) is 25.1 Å². The molecule has 1 aromatic rings. The van der Waals surface area contributed by atoms with Crippen molar-refractivity contribution >= 4 is 33.4 Å². The van der Waals surface area contributed by atoms with Crippen LogP contribution in [0.2, 0.25) is 0 Å². The molecule has 1 amide bonds. The van der Waals surface area contributed by atoms with Crippen LogP contribution in [0.15, 0.2) is 22.7 Å². The van der Waals surface area contributed by atoms with E-state index in [-0.39, 0.29) is 5.91 Å². The van der Waals surface area contributed by atoms with Crippen molar-refractivity contribution in [2.75, 3.05) is 13.6 Å². The van der Waals surface area contributed by atoms with Crippen molar-refractivity contribution in [1.29, 1.82) is 0 Å². The molecule has 98 valence electrons. The number of halogens is 2. The summed E-state index contributed by atoms with van der Waals surface area (Å²) in [6.07, 6.45) is 2.05. The lowest BCUT2D eigenvalue weighted by Crippen LogP contribution is -2.37. The van der Waals surface area contributed by atoms with Crippen LogP contribution in [0.1, 0.15) is 28.8 Å². The molecule has 4 heteroatoms. The Morgan fingerprint density at radius 3 is 2.67 bits per heavy atom. The van der Waals surface area contributed by atoms with Gasteiger partial charge in [-0.2, -0.15) is 0 Å². The first-order valence-electron chi connectivity index (χ1n) is 6.12. The zero-order valence-electron chi connectivity index (χ0n) is 10.6. The van der Waals surface area contributed by atoms with Crippen molar-refractivity contribution in [2.24, 2.45) is 5.92 Å². The Morgan fingerprint density at radius 2 is 2.11 bits per heavy atom. The van der Waals surface area contributed by atoms with Gasteiger partial charge in [0.05, 0.1) is 0 Å². The van der Waals surface area contributed by atoms with E-state index < -0.39 is 0 Å². The molecule has 0 spiro atoms. The summed E-state index contributed by atoms with van der Waals surface area (Å²) in [5.74, 6) is 0.645. The van der Waals surface area contributed by atoms with E-state index >= 15 is 0 Å². The molecule has 1 aliphatic carbocycles. The van der Waals surface area contributed by atoms with Crippen molar-refractivity contribution in [3.63, 3.8) is 0 Å². The number of benzene rings is 1. The molecule has 0 aliphatic heterocycles. The molecule has 1 aromatic carbocycles. The summed E-state index contributed by atoms with van der Waals surface area (Å²) in [7, 11) is 1.86. The van der Waals surface area contributed by atoms with Crippen LogP contribution in [0.4, 0.5) is 0 Å². The fourth-order valence-electron chi connectivity index (χ4n) is 2.35. The van der Waals surface area contributed by atoms with E-state index in [2.05, 4.69) is 15.9 Å². The molecule has 0 unspecified atom stereocenters. The number of aryl methyl sites for hydroxylation is 1. The molecule has 2 rings (SSSR count). The fraction of sp³-hybridized carbons (Fsp3) is 0.500. The smallest absolute Gasteiger partial charge is 0.253 e. The molecule has 0 N–H and O–H groups in total. The monoisotopic (exact) mass is 329 g/mol. The predicted molar refractivity (Wildman–Crippen MR) is 78.2 cm³/mol. The summed E-state index contributed by atoms with van der Waals surface area (Å²) < 4.78 is 0.948. The number of alkyl halides is 1. The largest absolute Gasteiger partial charge is 0.341 e. The second-order valence-electron chi connectivity index (χ2n) is 5.14. The van der Waals surface area contributed by atoms with Crippen molar-refractivity contribution < 1.29 is 4.79 Å². The van der Waals surface area contributed by atoms with Crippen LogP contribution in [-0.4, -0.2) is 29.8 Å². The van der Waals surface area contributed by atoms with Crippen molar-refractivity contribution in [3.8, 4) is 0 Å². The highest BCUT2D eigenvalue weighted by Gasteiger charge is 2.29. The summed E-state index contributed by atoms with van der Waals surface area (Å²) >= 11 is 9.38. The number of carbonyl (C=O) groups is 1. The summed E-state index contributed by atoms with van der Waals surface area (Å²) in [6, 6.07) is 5.80. The highest BCUT2D eigenvalue weighted by Crippen LogP contribution is 2.32. The third kappa shape index (κ3) is 3.27. The molecular weight excluding hydrogens is 314 g/mol. The Bertz CT molecular complexity index is 437. The van der Waals surface area contributed by atoms with E-state index in [0.29, 0.717) is 11.3 Å². The fourth-order valence-corrected chi connectivity index (χ4v) is 3.47. The molecule has 0 heterocycles. The van der Waals surface area contributed by atoms with E-state index in [9.17, 15) is 4.79 Å². The number of carbonyl (C=O) groups excluding carboxylic acids is 1. The Balaban J connectivity index is 2.01. The third-order valence-electron chi connectivity index (χ3n) is 3.35. The first-order valence-corrected chi connectivity index (χ1v) is 7.35. The Labute approximate surface area is 121 Å². The van der Waals surface area contributed by atoms with Gasteiger partial charge in [0.25, 0.3) is 5.91 Å². The van der Waals surface area contributed by atoms with Gasteiger partial charge in [-0.3, -0.25) is 4.79 Å². The molecular formula is C14H17BrClNO. The standard InChI is InChI=1S/C14H17BrClNO/c1-9-3-11(7-12(15)4-9)14(18)17(2)8-10-5-13(16)6-10/h3-4,7,10,13H,5-6,8H2,1-2H3. The van der Waals surface area contributed by atoms with Gasteiger partial charge >= 0.3 is 0 Å². The van der Waals surface area contributed by atoms with Crippen LogP contribution in [0, 0.1) is 12.8 Å². The van der Waals surface area contributed by atoms with E-state index in [1.165, 1.54) is 0 Å². The van der Waals surface area contributed by atoms with Crippen molar-refractivity contribution in [1.82, 2.24) is 4.90 Å². The maximum atomic E-state index is 12.3. The average Bonchev–Trinajstić information content (AvgIpc) is 2.24. The van der Waals surface area contributed by atoms with Gasteiger partial charge in [0.1, 0.15) is 0 Å². The minimum absolute atomic E-state index is 0.0809. The third-order valence-corrected chi connectivity index (χ3v) is 4.16. The zero-order chi connectivity index (χ0) is 13.3. The number of rotatable bonds is 3. The van der Waals surface area contributed by atoms with Crippen LogP contribution in [-0.2, 0) is 0 Å². The molecule has 0 aromatic heterocycles. The van der Waals surface area contributed by atoms with E-state index in [0.717, 1.165) is 35.0 Å². The molecule has 0 bridgehead atoms. The lowest BCUT2D eigenvalue weighted by Gasteiger charge is -2.34. The second-order valence-corrected chi connectivity index (χ2v) is 6.67. The highest BCUT2D eigenvalue weighted by atomic mass is 79.9. The minimum atomic E-state index is 0.0809. The van der Waals surface area contributed by atoms with Gasteiger partial charge in [-0.1, -0.05) is 15.9 Å². The molecule has 2 nitrogen and oxygen atoms in total. The first kappa shape index (κ1) is 13.9. The minimum Gasteiger partial charge on any atom is -0.341 e. The van der Waals surface area contributed by atoms with Crippen LogP contribution in [0.5, 0.6) is 0 Å². The summed E-state index contributed by atoms with van der Waals surface area (Å²) in [5.41, 5.74) is 1.83. The summed E-state index contributed by atoms with van der Waals surface area (Å²) in [6.45, 7) is 2.79. The lowest BCUT2D eigenvalue weighted by atomic mass is 9.84. The van der Waals surface area contributed by atoms with Crippen LogP contribution < -0.4 is 0 Å². The molecule has 0 saturated heterocycles. The molecule has 0 radical (unpaired) electrons. The number of nitrogens with zero attached hydrogens (tertiary/aromatic N) is 1. The Hall–Kier alpha value is -0.540. The maximum absolute atomic E-state index is 12.3. The number of amides is 1. The number of hydrogen-bond donors (Lipinski definition) is 0. The Morgan fingerprint density at radius 1 is 1.44 bits per heavy atom. The predicted octanol–water partition coefficient (Wildman–Crippen LogP) is 3.85. The molecule has 1 saturated carbocycles.